The molecule has 0 spiro atoms. The number of methoxy groups -OCH3 is 1. The molecule has 0 fully saturated rings. The minimum Gasteiger partial charge on any atom is -0.504 e. The van der Waals surface area contributed by atoms with Crippen molar-refractivity contribution in [2.24, 2.45) is 5.73 Å². The molecule has 3 aromatic carbocycles. The van der Waals surface area contributed by atoms with Crippen LogP contribution < -0.4 is 24.7 Å². The summed E-state index contributed by atoms with van der Waals surface area (Å²) in [6.45, 7) is 1.87. The molecular formula is C32H30F2N4O8. The Morgan fingerprint density at radius 3 is 2.28 bits per heavy atom. The summed E-state index contributed by atoms with van der Waals surface area (Å²) in [4.78, 5) is 29.6. The van der Waals surface area contributed by atoms with Gasteiger partial charge in [0.1, 0.15) is 11.6 Å². The molecular weight excluding hydrogens is 606 g/mol. The third kappa shape index (κ3) is 7.59. The maximum absolute atomic E-state index is 16.0. The number of nitrogens with two attached hydrogens (primary N) is 1. The maximum atomic E-state index is 16.0. The Morgan fingerprint density at radius 1 is 0.913 bits per heavy atom. The maximum Gasteiger partial charge on any atom is 0.310 e. The van der Waals surface area contributed by atoms with Crippen LogP contribution in [0.4, 0.5) is 8.78 Å². The quantitative estimate of drug-likeness (QED) is 0.102. The molecule has 0 aliphatic carbocycles. The van der Waals surface area contributed by atoms with Crippen LogP contribution in [0.3, 0.4) is 0 Å². The van der Waals surface area contributed by atoms with Gasteiger partial charge in [0, 0.05) is 25.2 Å². The number of ether oxygens (including phenoxy) is 5. The number of nitrogens with zero attached hydrogens (tertiary/aromatic N) is 2. The Hall–Kier alpha value is -5.92. The highest BCUT2D eigenvalue weighted by molar-refractivity contribution is 5.95. The monoisotopic (exact) mass is 636 g/mol. The largest absolute Gasteiger partial charge is 0.504 e. The number of carbonyl (C=O) groups is 2. The van der Waals surface area contributed by atoms with Gasteiger partial charge in [-0.3, -0.25) is 15.0 Å². The SMILES string of the molecule is CCOC(=O)Cc1ccc(Oc2c(F)c(Oc3cccc(C(=O)N(C)C)c3)nc(Oc3cc(C(=N)N)ccc3O)c2F)c(OC)c1. The molecule has 0 aliphatic heterocycles. The molecule has 1 heterocycles. The number of rotatable bonds is 12. The molecule has 0 bridgehead atoms. The van der Waals surface area contributed by atoms with E-state index in [9.17, 15) is 14.7 Å². The topological polar surface area (TPSA) is 167 Å². The second-order valence-corrected chi connectivity index (χ2v) is 9.78. The lowest BCUT2D eigenvalue weighted by molar-refractivity contribution is -0.142. The van der Waals surface area contributed by atoms with Crippen LogP contribution in [0.5, 0.6) is 46.3 Å². The highest BCUT2D eigenvalue weighted by atomic mass is 19.1. The van der Waals surface area contributed by atoms with E-state index < -0.39 is 40.9 Å². The Kier molecular flexibility index (Phi) is 10.2. The fourth-order valence-corrected chi connectivity index (χ4v) is 4.03. The molecule has 4 aromatic rings. The molecule has 0 radical (unpaired) electrons. The second kappa shape index (κ2) is 14.2. The molecule has 46 heavy (non-hydrogen) atoms. The van der Waals surface area contributed by atoms with Crippen molar-refractivity contribution >= 4 is 17.7 Å². The molecule has 0 saturated carbocycles. The number of nitrogens with one attached hydrogen (secondary N) is 1. The van der Waals surface area contributed by atoms with Crippen LogP contribution in [-0.4, -0.2) is 60.5 Å². The number of amidine groups is 1. The van der Waals surface area contributed by atoms with Crippen molar-refractivity contribution in [3.8, 4) is 46.3 Å². The van der Waals surface area contributed by atoms with Gasteiger partial charge < -0.3 is 39.4 Å². The minimum atomic E-state index is -1.42. The lowest BCUT2D eigenvalue weighted by atomic mass is 10.1. The van der Waals surface area contributed by atoms with E-state index in [0.717, 1.165) is 12.1 Å². The van der Waals surface area contributed by atoms with E-state index in [1.54, 1.807) is 21.0 Å². The van der Waals surface area contributed by atoms with Gasteiger partial charge in [0.15, 0.2) is 23.0 Å². The molecule has 14 heteroatoms. The summed E-state index contributed by atoms with van der Waals surface area (Å²) >= 11 is 0. The van der Waals surface area contributed by atoms with Gasteiger partial charge in [-0.2, -0.15) is 13.8 Å². The molecule has 12 nitrogen and oxygen atoms in total. The summed E-state index contributed by atoms with van der Waals surface area (Å²) in [6, 6.07) is 13.7. The molecule has 0 saturated heterocycles. The summed E-state index contributed by atoms with van der Waals surface area (Å²) in [6.07, 6.45) is -0.0867. The summed E-state index contributed by atoms with van der Waals surface area (Å²) < 4.78 is 59.0. The van der Waals surface area contributed by atoms with Gasteiger partial charge in [0.05, 0.1) is 20.1 Å². The number of hydrogen-bond acceptors (Lipinski definition) is 10. The molecule has 0 atom stereocenters. The highest BCUT2D eigenvalue weighted by Gasteiger charge is 2.28. The molecule has 0 unspecified atom stereocenters. The number of benzene rings is 3. The number of aromatic nitrogens is 1. The number of nitrogen functional groups attached to an aromatic ring is 1. The zero-order valence-corrected chi connectivity index (χ0v) is 25.2. The van der Waals surface area contributed by atoms with Crippen LogP contribution in [0.1, 0.15) is 28.4 Å². The van der Waals surface area contributed by atoms with Crippen molar-refractivity contribution in [1.29, 1.82) is 5.41 Å². The van der Waals surface area contributed by atoms with Crippen LogP contribution in [0.2, 0.25) is 0 Å². The van der Waals surface area contributed by atoms with Crippen LogP contribution in [0.15, 0.2) is 60.7 Å². The summed E-state index contributed by atoms with van der Waals surface area (Å²) in [7, 11) is 4.41. The molecule has 4 N–H and O–H groups in total. The zero-order valence-electron chi connectivity index (χ0n) is 25.2. The van der Waals surface area contributed by atoms with Crippen molar-refractivity contribution in [2.45, 2.75) is 13.3 Å². The van der Waals surface area contributed by atoms with E-state index in [-0.39, 0.29) is 58.9 Å². The Labute approximate surface area is 262 Å². The van der Waals surface area contributed by atoms with E-state index in [1.165, 1.54) is 60.5 Å². The van der Waals surface area contributed by atoms with Crippen LogP contribution in [0.25, 0.3) is 0 Å². The van der Waals surface area contributed by atoms with Crippen molar-refractivity contribution in [2.75, 3.05) is 27.8 Å². The van der Waals surface area contributed by atoms with E-state index in [0.29, 0.717) is 5.56 Å². The van der Waals surface area contributed by atoms with E-state index in [2.05, 4.69) is 4.98 Å². The first-order valence-corrected chi connectivity index (χ1v) is 13.7. The number of esters is 1. The molecule has 1 amide bonds. The molecule has 4 rings (SSSR count). The van der Waals surface area contributed by atoms with Crippen molar-refractivity contribution in [3.05, 3.63) is 89.0 Å². The average Bonchev–Trinajstić information content (AvgIpc) is 3.02. The van der Waals surface area contributed by atoms with Gasteiger partial charge in [-0.25, -0.2) is 0 Å². The Morgan fingerprint density at radius 2 is 1.63 bits per heavy atom. The van der Waals surface area contributed by atoms with Gasteiger partial charge in [0.2, 0.25) is 17.4 Å². The normalized spacial score (nSPS) is 10.6. The van der Waals surface area contributed by atoms with Crippen LogP contribution in [0, 0.1) is 17.0 Å². The van der Waals surface area contributed by atoms with E-state index in [4.69, 9.17) is 34.8 Å². The highest BCUT2D eigenvalue weighted by Crippen LogP contribution is 2.43. The number of phenolic OH excluding ortho intramolecular Hbond substituents is 1. The molecule has 1 aromatic heterocycles. The third-order valence-corrected chi connectivity index (χ3v) is 6.25. The summed E-state index contributed by atoms with van der Waals surface area (Å²) in [5.74, 6) is -7.66. The van der Waals surface area contributed by atoms with Crippen LogP contribution >= 0.6 is 0 Å². The summed E-state index contributed by atoms with van der Waals surface area (Å²) in [5.41, 5.74) is 6.37. The lowest BCUT2D eigenvalue weighted by Crippen LogP contribution is -2.21. The molecule has 240 valence electrons. The van der Waals surface area contributed by atoms with Crippen molar-refractivity contribution in [3.63, 3.8) is 0 Å². The predicted octanol–water partition coefficient (Wildman–Crippen LogP) is 5.54. The van der Waals surface area contributed by atoms with Gasteiger partial charge in [-0.15, -0.1) is 0 Å². The second-order valence-electron chi connectivity index (χ2n) is 9.78. The Balaban J connectivity index is 1.80. The average molecular weight is 637 g/mol. The fraction of sp³-hybridized carbons (Fsp3) is 0.188. The smallest absolute Gasteiger partial charge is 0.310 e. The van der Waals surface area contributed by atoms with E-state index >= 15 is 8.78 Å². The van der Waals surface area contributed by atoms with E-state index in [1.807, 2.05) is 0 Å². The van der Waals surface area contributed by atoms with Gasteiger partial charge in [-0.1, -0.05) is 12.1 Å². The fourth-order valence-electron chi connectivity index (χ4n) is 4.03. The first kappa shape index (κ1) is 33.0. The molecule has 0 aliphatic rings. The van der Waals surface area contributed by atoms with Crippen LogP contribution in [-0.2, 0) is 16.0 Å². The third-order valence-electron chi connectivity index (χ3n) is 6.25. The van der Waals surface area contributed by atoms with Gasteiger partial charge in [-0.05, 0) is 61.0 Å². The Bertz CT molecular complexity index is 1800. The number of carbonyl (C=O) groups excluding carboxylic acids is 2. The van der Waals surface area contributed by atoms with Crippen molar-refractivity contribution < 1.29 is 47.2 Å². The standard InChI is InChI=1S/C32H30F2N4O8/c1-5-43-25(40)14-17-9-12-22(24(13-17)42-4)45-28-26(33)30(44-20-8-6-7-19(15-20)32(41)38(2)3)37-31(27(28)34)46-23-16-18(29(35)36)10-11-21(23)39/h6-13,15-16,39H,5,14H2,1-4H3,(H3,35,36). The van der Waals surface area contributed by atoms with Gasteiger partial charge in [0.25, 0.3) is 17.7 Å². The van der Waals surface area contributed by atoms with Crippen molar-refractivity contribution in [1.82, 2.24) is 9.88 Å². The lowest BCUT2D eigenvalue weighted by Gasteiger charge is -2.17. The number of aromatic hydroxyl groups is 1. The number of pyridine rings is 1. The first-order chi connectivity index (χ1) is 21.9. The number of phenols is 1. The van der Waals surface area contributed by atoms with Gasteiger partial charge >= 0.3 is 5.97 Å². The predicted molar refractivity (Wildman–Crippen MR) is 161 cm³/mol. The number of hydrogen-bond donors (Lipinski definition) is 3. The zero-order chi connectivity index (χ0) is 33.5. The summed E-state index contributed by atoms with van der Waals surface area (Å²) in [5, 5.41) is 18.0. The minimum absolute atomic E-state index is 0.0232. The first-order valence-electron chi connectivity index (χ1n) is 13.7. The number of amides is 1. The number of halogens is 2.